The Morgan fingerprint density at radius 1 is 1.09 bits per heavy atom. The van der Waals surface area contributed by atoms with Crippen LogP contribution in [0.2, 0.25) is 10.0 Å². The Morgan fingerprint density at radius 3 is 2.34 bits per heavy atom. The molecule has 1 aromatic heterocycles. The number of anilines is 1. The third kappa shape index (κ3) is 5.53. The molecule has 1 fully saturated rings. The highest BCUT2D eigenvalue weighted by Gasteiger charge is 2.42. The van der Waals surface area contributed by atoms with Gasteiger partial charge in [0.25, 0.3) is 11.5 Å². The number of aliphatic hydroxyl groups is 1. The van der Waals surface area contributed by atoms with Crippen LogP contribution < -0.4 is 10.5 Å². The molecule has 0 saturated carbocycles. The molecule has 2 amide bonds. The van der Waals surface area contributed by atoms with Crippen LogP contribution >= 0.6 is 23.2 Å². The van der Waals surface area contributed by atoms with Gasteiger partial charge in [0.2, 0.25) is 5.91 Å². The Morgan fingerprint density at radius 2 is 1.71 bits per heavy atom. The van der Waals surface area contributed by atoms with Crippen molar-refractivity contribution in [1.29, 1.82) is 0 Å². The highest BCUT2D eigenvalue weighted by atomic mass is 35.5. The number of halogens is 2. The molecular weight excluding hydrogens is 489 g/mol. The summed E-state index contributed by atoms with van der Waals surface area (Å²) in [5.41, 5.74) is 1.00. The minimum absolute atomic E-state index is 0.107. The molecule has 0 bridgehead atoms. The topological polar surface area (TPSA) is 92.0 Å². The number of carbonyl (C=O) groups is 2. The predicted octanol–water partition coefficient (Wildman–Crippen LogP) is 4.19. The lowest BCUT2D eigenvalue weighted by Gasteiger charge is -2.18. The number of benzene rings is 2. The first kappa shape index (κ1) is 24.9. The summed E-state index contributed by atoms with van der Waals surface area (Å²) >= 11 is 11.9. The van der Waals surface area contributed by atoms with Crippen LogP contribution in [0.1, 0.15) is 28.8 Å². The third-order valence-electron chi connectivity index (χ3n) is 5.86. The van der Waals surface area contributed by atoms with Gasteiger partial charge in [-0.25, -0.2) is 4.99 Å². The van der Waals surface area contributed by atoms with Crippen molar-refractivity contribution < 1.29 is 14.7 Å². The summed E-state index contributed by atoms with van der Waals surface area (Å²) in [5.74, 6) is -1.96. The number of nitrogens with zero attached hydrogens (tertiary/aromatic N) is 3. The van der Waals surface area contributed by atoms with Crippen LogP contribution in [0.5, 0.6) is 0 Å². The van der Waals surface area contributed by atoms with Gasteiger partial charge < -0.3 is 14.6 Å². The fraction of sp³-hybridized carbons (Fsp3) is 0.231. The number of aliphatic hydroxyl groups excluding tert-OH is 1. The second-order valence-electron chi connectivity index (χ2n) is 8.42. The second kappa shape index (κ2) is 10.6. The van der Waals surface area contributed by atoms with E-state index in [4.69, 9.17) is 23.2 Å². The van der Waals surface area contributed by atoms with Gasteiger partial charge in [-0.3, -0.25) is 14.4 Å². The predicted molar refractivity (Wildman–Crippen MR) is 137 cm³/mol. The molecule has 9 heteroatoms. The number of hydrogen-bond acceptors (Lipinski definition) is 4. The average molecular weight is 512 g/mol. The Bertz CT molecular complexity index is 1320. The Hall–Kier alpha value is -3.26. The summed E-state index contributed by atoms with van der Waals surface area (Å²) < 4.78 is 1.37. The summed E-state index contributed by atoms with van der Waals surface area (Å²) in [6, 6.07) is 16.7. The molecule has 1 aliphatic heterocycles. The number of carbonyl (C=O) groups excluding carboxylic acids is 2. The Kier molecular flexibility index (Phi) is 7.50. The highest BCUT2D eigenvalue weighted by Crippen LogP contribution is 2.35. The minimum atomic E-state index is -0.766. The van der Waals surface area contributed by atoms with E-state index in [1.54, 1.807) is 61.7 Å². The smallest absolute Gasteiger partial charge is 0.276 e. The van der Waals surface area contributed by atoms with E-state index in [1.807, 2.05) is 12.1 Å². The molecule has 1 saturated heterocycles. The van der Waals surface area contributed by atoms with Crippen molar-refractivity contribution in [2.45, 2.75) is 25.5 Å². The molecule has 0 aliphatic carbocycles. The number of aromatic nitrogens is 1. The summed E-state index contributed by atoms with van der Waals surface area (Å²) in [7, 11) is 0. The molecule has 0 spiro atoms. The fourth-order valence-electron chi connectivity index (χ4n) is 4.13. The van der Waals surface area contributed by atoms with Crippen molar-refractivity contribution in [1.82, 2.24) is 4.57 Å². The van der Waals surface area contributed by atoms with Gasteiger partial charge in [-0.15, -0.1) is 0 Å². The summed E-state index contributed by atoms with van der Waals surface area (Å²) in [5, 5.41) is 10.8. The molecule has 2 unspecified atom stereocenters. The maximum Gasteiger partial charge on any atom is 0.276 e. The maximum absolute atomic E-state index is 13.5. The summed E-state index contributed by atoms with van der Waals surface area (Å²) in [6.45, 7) is 1.91. The van der Waals surface area contributed by atoms with Crippen molar-refractivity contribution in [3.8, 4) is 0 Å². The quantitative estimate of drug-likeness (QED) is 0.502. The molecule has 0 radical (unpaired) electrons. The highest BCUT2D eigenvalue weighted by molar-refractivity contribution is 6.31. The van der Waals surface area contributed by atoms with E-state index in [2.05, 4.69) is 4.99 Å². The zero-order valence-electron chi connectivity index (χ0n) is 18.8. The van der Waals surface area contributed by atoms with Gasteiger partial charge in [-0.05, 0) is 61.0 Å². The average Bonchev–Trinajstić information content (AvgIpc) is 3.15. The van der Waals surface area contributed by atoms with Crippen molar-refractivity contribution in [3.63, 3.8) is 0 Å². The molecule has 35 heavy (non-hydrogen) atoms. The van der Waals surface area contributed by atoms with Gasteiger partial charge in [-0.2, -0.15) is 0 Å². The molecule has 3 aromatic rings. The van der Waals surface area contributed by atoms with E-state index in [1.165, 1.54) is 15.7 Å². The molecule has 1 N–H and O–H groups in total. The van der Waals surface area contributed by atoms with E-state index in [0.717, 1.165) is 5.56 Å². The molecule has 180 valence electrons. The van der Waals surface area contributed by atoms with Crippen LogP contribution in [0.4, 0.5) is 5.69 Å². The summed E-state index contributed by atoms with van der Waals surface area (Å²) in [6.07, 6.45) is 2.20. The lowest BCUT2D eigenvalue weighted by atomic mass is 9.89. The van der Waals surface area contributed by atoms with Gasteiger partial charge in [0, 0.05) is 40.5 Å². The first-order valence-corrected chi connectivity index (χ1v) is 11.8. The van der Waals surface area contributed by atoms with Crippen LogP contribution in [0.15, 0.2) is 76.6 Å². The number of pyridine rings is 1. The van der Waals surface area contributed by atoms with Gasteiger partial charge in [0.05, 0.1) is 18.6 Å². The van der Waals surface area contributed by atoms with Crippen LogP contribution in [0, 0.1) is 5.92 Å². The second-order valence-corrected chi connectivity index (χ2v) is 9.30. The molecule has 2 heterocycles. The molecule has 7 nitrogen and oxygen atoms in total. The van der Waals surface area contributed by atoms with Gasteiger partial charge in [0.1, 0.15) is 5.69 Å². The number of rotatable bonds is 6. The number of amides is 2. The number of aliphatic imine (C=N–C) groups is 1. The normalized spacial score (nSPS) is 18.9. The fourth-order valence-corrected chi connectivity index (χ4v) is 4.38. The van der Waals surface area contributed by atoms with E-state index in [0.29, 0.717) is 15.6 Å². The SMILES string of the molecule is CC(O)Cn1cccc(N2C[C@@H](c3ccc(Cl)cc3)C(C=NC(=O)c3ccc(Cl)cc3)C2=O)c1=O. The van der Waals surface area contributed by atoms with Crippen LogP contribution in [0.25, 0.3) is 0 Å². The largest absolute Gasteiger partial charge is 0.392 e. The van der Waals surface area contributed by atoms with E-state index in [-0.39, 0.29) is 36.2 Å². The monoisotopic (exact) mass is 511 g/mol. The maximum atomic E-state index is 13.5. The van der Waals surface area contributed by atoms with Crippen molar-refractivity contribution >= 4 is 46.9 Å². The molecule has 2 aromatic carbocycles. The Labute approximate surface area is 212 Å². The summed E-state index contributed by atoms with van der Waals surface area (Å²) in [4.78, 5) is 44.7. The molecule has 1 aliphatic rings. The molecule has 4 rings (SSSR count). The van der Waals surface area contributed by atoms with Crippen molar-refractivity contribution in [2.24, 2.45) is 10.9 Å². The van der Waals surface area contributed by atoms with Crippen LogP contribution in [-0.4, -0.2) is 40.4 Å². The first-order chi connectivity index (χ1) is 16.7. The third-order valence-corrected chi connectivity index (χ3v) is 6.36. The standard InChI is InChI=1S/C26H23Cl2N3O4/c1-16(32)14-30-12-2-3-23(26(30)35)31-15-22(17-4-8-19(27)9-5-17)21(25(31)34)13-29-24(33)18-6-10-20(28)11-7-18/h2-13,16,21-22,32H,14-15H2,1H3/t16?,21?,22-/m0/s1. The molecule has 3 atom stereocenters. The zero-order valence-corrected chi connectivity index (χ0v) is 20.4. The lowest BCUT2D eigenvalue weighted by Crippen LogP contribution is -2.35. The first-order valence-electron chi connectivity index (χ1n) is 11.0. The van der Waals surface area contributed by atoms with Crippen LogP contribution in [0.3, 0.4) is 0 Å². The van der Waals surface area contributed by atoms with E-state index >= 15 is 0 Å². The van der Waals surface area contributed by atoms with Gasteiger partial charge in [-0.1, -0.05) is 35.3 Å². The number of hydrogen-bond donors (Lipinski definition) is 1. The van der Waals surface area contributed by atoms with Crippen molar-refractivity contribution in [3.05, 3.63) is 98.4 Å². The van der Waals surface area contributed by atoms with Crippen molar-refractivity contribution in [2.75, 3.05) is 11.4 Å². The van der Waals surface area contributed by atoms with Crippen LogP contribution in [-0.2, 0) is 11.3 Å². The molecular formula is C26H23Cl2N3O4. The van der Waals surface area contributed by atoms with Gasteiger partial charge in [0.15, 0.2) is 0 Å². The zero-order chi connectivity index (χ0) is 25.1. The van der Waals surface area contributed by atoms with E-state index in [9.17, 15) is 19.5 Å². The van der Waals surface area contributed by atoms with E-state index < -0.39 is 17.9 Å². The lowest BCUT2D eigenvalue weighted by molar-refractivity contribution is -0.118. The van der Waals surface area contributed by atoms with Gasteiger partial charge >= 0.3 is 0 Å². The Balaban J connectivity index is 1.69. The minimum Gasteiger partial charge on any atom is -0.392 e.